The number of halogens is 1. The third-order valence-corrected chi connectivity index (χ3v) is 4.75. The van der Waals surface area contributed by atoms with E-state index in [9.17, 15) is 14.0 Å². The van der Waals surface area contributed by atoms with E-state index in [2.05, 4.69) is 4.98 Å². The van der Waals surface area contributed by atoms with Crippen molar-refractivity contribution in [2.75, 3.05) is 6.61 Å². The van der Waals surface area contributed by atoms with Crippen molar-refractivity contribution in [3.05, 3.63) is 100 Å². The van der Waals surface area contributed by atoms with Crippen LogP contribution in [0.1, 0.15) is 15.9 Å². The minimum absolute atomic E-state index is 0.269. The predicted molar refractivity (Wildman–Crippen MR) is 108 cm³/mol. The van der Waals surface area contributed by atoms with Crippen molar-refractivity contribution in [3.63, 3.8) is 0 Å². The molecule has 0 spiro atoms. The Morgan fingerprint density at radius 3 is 2.55 bits per heavy atom. The summed E-state index contributed by atoms with van der Waals surface area (Å²) in [6.07, 6.45) is 1.47. The van der Waals surface area contributed by atoms with Gasteiger partial charge in [0, 0.05) is 5.56 Å². The van der Waals surface area contributed by atoms with Gasteiger partial charge in [0.15, 0.2) is 5.78 Å². The largest absolute Gasteiger partial charge is 0.388 e. The van der Waals surface area contributed by atoms with E-state index in [1.807, 2.05) is 24.3 Å². The molecule has 1 aromatic heterocycles. The average molecular weight is 388 g/mol. The monoisotopic (exact) mass is 388 g/mol. The molecule has 0 bridgehead atoms. The number of hydrogen-bond acceptors (Lipinski definition) is 4. The van der Waals surface area contributed by atoms with Crippen molar-refractivity contribution in [2.45, 2.75) is 6.54 Å². The molecule has 0 aliphatic rings. The third-order valence-electron chi connectivity index (χ3n) is 4.75. The smallest absolute Gasteiger partial charge is 0.261 e. The highest BCUT2D eigenvalue weighted by atomic mass is 19.1. The minimum atomic E-state index is -0.615. The zero-order chi connectivity index (χ0) is 20.4. The summed E-state index contributed by atoms with van der Waals surface area (Å²) in [6.45, 7) is -0.314. The first-order chi connectivity index (χ1) is 14.0. The lowest BCUT2D eigenvalue weighted by atomic mass is 10.0. The first kappa shape index (κ1) is 18.7. The van der Waals surface area contributed by atoms with Crippen molar-refractivity contribution >= 4 is 16.7 Å². The molecule has 5 nitrogen and oxygen atoms in total. The second-order valence-corrected chi connectivity index (χ2v) is 6.70. The molecule has 0 fully saturated rings. The first-order valence-corrected chi connectivity index (χ1v) is 9.03. The van der Waals surface area contributed by atoms with Crippen LogP contribution in [0.4, 0.5) is 4.39 Å². The molecule has 29 heavy (non-hydrogen) atoms. The number of aromatic nitrogens is 2. The third kappa shape index (κ3) is 3.83. The second-order valence-electron chi connectivity index (χ2n) is 6.70. The maximum Gasteiger partial charge on any atom is 0.261 e. The lowest BCUT2D eigenvalue weighted by Gasteiger charge is -2.09. The van der Waals surface area contributed by atoms with Crippen LogP contribution in [-0.2, 0) is 6.54 Å². The Hall–Kier alpha value is -3.64. The second kappa shape index (κ2) is 7.77. The van der Waals surface area contributed by atoms with Crippen LogP contribution >= 0.6 is 0 Å². The molecule has 0 unspecified atom stereocenters. The number of ketones is 1. The molecule has 4 rings (SSSR count). The van der Waals surface area contributed by atoms with Gasteiger partial charge in [-0.25, -0.2) is 9.37 Å². The van der Waals surface area contributed by atoms with Crippen molar-refractivity contribution in [2.24, 2.45) is 0 Å². The molecular formula is C23H17FN2O3. The summed E-state index contributed by atoms with van der Waals surface area (Å²) in [5.74, 6) is -0.744. The summed E-state index contributed by atoms with van der Waals surface area (Å²) in [6, 6.07) is 18.5. The maximum absolute atomic E-state index is 13.2. The van der Waals surface area contributed by atoms with Crippen LogP contribution in [0.2, 0.25) is 0 Å². The summed E-state index contributed by atoms with van der Waals surface area (Å²) in [4.78, 5) is 28.9. The van der Waals surface area contributed by atoms with Crippen LogP contribution in [0, 0.1) is 5.82 Å². The highest BCUT2D eigenvalue weighted by Crippen LogP contribution is 2.21. The van der Waals surface area contributed by atoms with E-state index in [0.29, 0.717) is 17.4 Å². The molecule has 3 aromatic carbocycles. The van der Waals surface area contributed by atoms with Gasteiger partial charge in [-0.15, -0.1) is 0 Å². The summed E-state index contributed by atoms with van der Waals surface area (Å²) < 4.78 is 14.6. The zero-order valence-corrected chi connectivity index (χ0v) is 15.4. The van der Waals surface area contributed by atoms with Crippen LogP contribution in [0.5, 0.6) is 0 Å². The molecule has 0 aliphatic heterocycles. The molecule has 0 radical (unpaired) electrons. The lowest BCUT2D eigenvalue weighted by Crippen LogP contribution is -2.21. The fourth-order valence-electron chi connectivity index (χ4n) is 3.22. The number of rotatable bonds is 5. The summed E-state index contributed by atoms with van der Waals surface area (Å²) in [5.41, 5.74) is 3.17. The van der Waals surface area contributed by atoms with E-state index in [4.69, 9.17) is 5.11 Å². The number of nitrogens with zero attached hydrogens (tertiary/aromatic N) is 2. The number of carbonyl (C=O) groups excluding carboxylic acids is 1. The Morgan fingerprint density at radius 2 is 1.79 bits per heavy atom. The van der Waals surface area contributed by atoms with E-state index in [1.165, 1.54) is 29.1 Å². The molecular weight excluding hydrogens is 371 g/mol. The molecule has 4 aromatic rings. The van der Waals surface area contributed by atoms with Gasteiger partial charge in [0.1, 0.15) is 12.4 Å². The van der Waals surface area contributed by atoms with Gasteiger partial charge in [-0.3, -0.25) is 14.2 Å². The predicted octanol–water partition coefficient (Wildman–Crippen LogP) is 3.43. The lowest BCUT2D eigenvalue weighted by molar-refractivity contribution is 0.0904. The number of hydrogen-bond donors (Lipinski definition) is 1. The Labute approximate surface area is 165 Å². The number of aliphatic hydroxyl groups is 1. The Balaban J connectivity index is 1.70. The first-order valence-electron chi connectivity index (χ1n) is 9.03. The van der Waals surface area contributed by atoms with Crippen molar-refractivity contribution in [3.8, 4) is 11.1 Å². The maximum atomic E-state index is 13.2. The van der Waals surface area contributed by atoms with Gasteiger partial charge >= 0.3 is 0 Å². The van der Waals surface area contributed by atoms with Crippen LogP contribution < -0.4 is 5.56 Å². The summed E-state index contributed by atoms with van der Waals surface area (Å²) in [5, 5.41) is 9.37. The fraction of sp³-hybridized carbons (Fsp3) is 0.0870. The SMILES string of the molecule is O=C(CO)c1ccc2ncn(Cc3cccc(-c4ccc(F)cc4)c3)c(=O)c2c1. The van der Waals surface area contributed by atoms with E-state index in [1.54, 1.807) is 24.3 Å². The molecule has 6 heteroatoms. The van der Waals surface area contributed by atoms with Crippen molar-refractivity contribution < 1.29 is 14.3 Å². The van der Waals surface area contributed by atoms with E-state index >= 15 is 0 Å². The number of Topliss-reactive ketones (excluding diaryl/α,β-unsaturated/α-hetero) is 1. The Bertz CT molecular complexity index is 1260. The van der Waals surface area contributed by atoms with E-state index < -0.39 is 12.4 Å². The Kier molecular flexibility index (Phi) is 5.01. The molecule has 1 N–H and O–H groups in total. The van der Waals surface area contributed by atoms with Crippen molar-refractivity contribution in [1.82, 2.24) is 9.55 Å². The molecule has 0 amide bonds. The van der Waals surface area contributed by atoms with E-state index in [0.717, 1.165) is 16.7 Å². The fourth-order valence-corrected chi connectivity index (χ4v) is 3.22. The highest BCUT2D eigenvalue weighted by Gasteiger charge is 2.10. The summed E-state index contributed by atoms with van der Waals surface area (Å²) >= 11 is 0. The van der Waals surface area contributed by atoms with Gasteiger partial charge < -0.3 is 5.11 Å². The number of aliphatic hydroxyl groups excluding tert-OH is 1. The van der Waals surface area contributed by atoms with Crippen LogP contribution in [0.25, 0.3) is 22.0 Å². The van der Waals surface area contributed by atoms with E-state index in [-0.39, 0.29) is 16.9 Å². The number of benzene rings is 3. The average Bonchev–Trinajstić information content (AvgIpc) is 2.76. The molecule has 0 saturated carbocycles. The van der Waals surface area contributed by atoms with Gasteiger partial charge in [0.2, 0.25) is 0 Å². The van der Waals surface area contributed by atoms with Crippen LogP contribution in [-0.4, -0.2) is 27.0 Å². The topological polar surface area (TPSA) is 72.2 Å². The molecule has 0 saturated heterocycles. The molecule has 0 atom stereocenters. The van der Waals surface area contributed by atoms with Gasteiger partial charge in [0.05, 0.1) is 23.8 Å². The van der Waals surface area contributed by atoms with Crippen molar-refractivity contribution in [1.29, 1.82) is 0 Å². The van der Waals surface area contributed by atoms with Crippen LogP contribution in [0.15, 0.2) is 77.9 Å². The van der Waals surface area contributed by atoms with Gasteiger partial charge in [0.25, 0.3) is 5.56 Å². The van der Waals surface area contributed by atoms with Gasteiger partial charge in [-0.05, 0) is 53.1 Å². The molecule has 1 heterocycles. The molecule has 0 aliphatic carbocycles. The Morgan fingerprint density at radius 1 is 1.00 bits per heavy atom. The van der Waals surface area contributed by atoms with Crippen LogP contribution in [0.3, 0.4) is 0 Å². The normalized spacial score (nSPS) is 11.0. The number of fused-ring (bicyclic) bond motifs is 1. The molecule has 144 valence electrons. The van der Waals surface area contributed by atoms with Gasteiger partial charge in [-0.2, -0.15) is 0 Å². The summed E-state index contributed by atoms with van der Waals surface area (Å²) in [7, 11) is 0. The zero-order valence-electron chi connectivity index (χ0n) is 15.4. The quantitative estimate of drug-likeness (QED) is 0.532. The number of carbonyl (C=O) groups is 1. The van der Waals surface area contributed by atoms with Gasteiger partial charge in [-0.1, -0.05) is 30.3 Å². The minimum Gasteiger partial charge on any atom is -0.388 e. The standard InChI is InChI=1S/C23H17FN2O3/c24-19-7-4-16(5-8-19)17-3-1-2-15(10-17)12-26-14-25-21-9-6-18(22(28)13-27)11-20(21)23(26)29/h1-11,14,27H,12-13H2. The highest BCUT2D eigenvalue weighted by molar-refractivity contribution is 5.99.